The molecule has 0 bridgehead atoms. The number of carbonyl (C=O) groups excluding carboxylic acids is 1. The van der Waals surface area contributed by atoms with Crippen molar-refractivity contribution in [2.45, 2.75) is 25.6 Å². The highest BCUT2D eigenvalue weighted by atomic mass is 32.1. The number of esters is 1. The van der Waals surface area contributed by atoms with Crippen LogP contribution >= 0.6 is 12.2 Å². The Morgan fingerprint density at radius 1 is 1.23 bits per heavy atom. The number of rotatable bonds is 12. The first kappa shape index (κ1) is 22.0. The molecule has 4 N–H and O–H groups in total. The summed E-state index contributed by atoms with van der Waals surface area (Å²) in [6, 6.07) is 8.00. The summed E-state index contributed by atoms with van der Waals surface area (Å²) in [7, 11) is 0. The van der Waals surface area contributed by atoms with E-state index in [2.05, 4.69) is 5.32 Å². The van der Waals surface area contributed by atoms with E-state index in [4.69, 9.17) is 37.3 Å². The normalized spacial score (nSPS) is 12.8. The van der Waals surface area contributed by atoms with Gasteiger partial charge in [0.05, 0.1) is 30.9 Å². The molecule has 0 saturated carbocycles. The summed E-state index contributed by atoms with van der Waals surface area (Å²) in [5.74, 6) is -1.87. The first-order chi connectivity index (χ1) is 12.4. The average molecular weight is 384 g/mol. The van der Waals surface area contributed by atoms with E-state index in [1.54, 1.807) is 6.92 Å². The first-order valence-corrected chi connectivity index (χ1v) is 8.44. The summed E-state index contributed by atoms with van der Waals surface area (Å²) in [4.78, 5) is 22.9. The van der Waals surface area contributed by atoms with Gasteiger partial charge in [-0.2, -0.15) is 0 Å². The van der Waals surface area contributed by atoms with Gasteiger partial charge in [-0.15, -0.1) is 0 Å². The molecule has 0 heterocycles. The zero-order valence-corrected chi connectivity index (χ0v) is 15.4. The summed E-state index contributed by atoms with van der Waals surface area (Å²) in [5.41, 5.74) is 6.59. The molecule has 1 aromatic carbocycles. The molecule has 2 atom stereocenters. The Hall–Kier alpha value is -2.07. The van der Waals surface area contributed by atoms with Gasteiger partial charge in [-0.25, -0.2) is 9.59 Å². The van der Waals surface area contributed by atoms with Crippen LogP contribution < -0.4 is 11.1 Å². The summed E-state index contributed by atoms with van der Waals surface area (Å²) in [6.07, 6.45) is 0. The van der Waals surface area contributed by atoms with Crippen LogP contribution in [0.3, 0.4) is 0 Å². The Morgan fingerprint density at radius 3 is 2.50 bits per heavy atom. The number of aliphatic carboxylic acids is 1. The lowest BCUT2D eigenvalue weighted by Gasteiger charge is -2.18. The van der Waals surface area contributed by atoms with Crippen molar-refractivity contribution in [3.05, 3.63) is 35.9 Å². The highest BCUT2D eigenvalue weighted by Crippen LogP contribution is 2.00. The third-order valence-corrected chi connectivity index (χ3v) is 3.63. The molecular formula is C17H24N2O6S. The minimum atomic E-state index is -1.20. The highest BCUT2D eigenvalue weighted by Gasteiger charge is 2.21. The van der Waals surface area contributed by atoms with Crippen LogP contribution in [0.4, 0.5) is 0 Å². The predicted molar refractivity (Wildman–Crippen MR) is 98.7 cm³/mol. The largest absolute Gasteiger partial charge is 0.480 e. The number of carboxylic acids is 1. The Kier molecular flexibility index (Phi) is 10.4. The number of nitrogens with one attached hydrogen (secondary N) is 1. The third kappa shape index (κ3) is 9.42. The molecule has 0 amide bonds. The van der Waals surface area contributed by atoms with E-state index in [-0.39, 0.29) is 24.8 Å². The van der Waals surface area contributed by atoms with Crippen LogP contribution in [0.2, 0.25) is 0 Å². The number of carbonyl (C=O) groups is 2. The molecule has 1 rings (SSSR count). The molecular weight excluding hydrogens is 360 g/mol. The van der Waals surface area contributed by atoms with Crippen LogP contribution in [-0.4, -0.2) is 60.5 Å². The fourth-order valence-electron chi connectivity index (χ4n) is 1.73. The smallest absolute Gasteiger partial charge is 0.332 e. The van der Waals surface area contributed by atoms with Crippen molar-refractivity contribution in [2.24, 2.45) is 5.73 Å². The molecule has 0 aliphatic heterocycles. The molecule has 8 nitrogen and oxygen atoms in total. The molecule has 0 aliphatic rings. The summed E-state index contributed by atoms with van der Waals surface area (Å²) in [6.45, 7) is 1.95. The standard InChI is InChI=1S/C17H24N2O6S/c1-12(18)16(26)19-14(17(21)22)10-25-15(20)11-24-8-7-23-9-13-5-3-2-4-6-13/h2-6,12,14H,7-11,18H2,1H3,(H,19,26)(H,21,22)/t12-,14-/m0/s1. The highest BCUT2D eigenvalue weighted by molar-refractivity contribution is 7.80. The Bertz CT molecular complexity index is 582. The van der Waals surface area contributed by atoms with Gasteiger partial charge in [0.1, 0.15) is 13.2 Å². The number of ether oxygens (including phenoxy) is 3. The van der Waals surface area contributed by atoms with E-state index in [9.17, 15) is 9.59 Å². The molecule has 0 saturated heterocycles. The summed E-state index contributed by atoms with van der Waals surface area (Å²) < 4.78 is 15.4. The maximum atomic E-state index is 11.6. The third-order valence-electron chi connectivity index (χ3n) is 3.14. The SMILES string of the molecule is C[C@H](N)C(=S)N[C@@H](COC(=O)COCCOCc1ccccc1)C(=O)O. The van der Waals surface area contributed by atoms with Gasteiger partial charge in [0.2, 0.25) is 0 Å². The van der Waals surface area contributed by atoms with E-state index in [1.165, 1.54) is 0 Å². The molecule has 9 heteroatoms. The average Bonchev–Trinajstić information content (AvgIpc) is 2.61. The monoisotopic (exact) mass is 384 g/mol. The van der Waals surface area contributed by atoms with Crippen LogP contribution in [0.5, 0.6) is 0 Å². The van der Waals surface area contributed by atoms with Gasteiger partial charge in [0, 0.05) is 0 Å². The van der Waals surface area contributed by atoms with Crippen molar-refractivity contribution in [3.8, 4) is 0 Å². The quantitative estimate of drug-likeness (QED) is 0.268. The fourth-order valence-corrected chi connectivity index (χ4v) is 1.88. The zero-order chi connectivity index (χ0) is 19.4. The summed E-state index contributed by atoms with van der Waals surface area (Å²) >= 11 is 4.92. The van der Waals surface area contributed by atoms with E-state index in [1.807, 2.05) is 30.3 Å². The van der Waals surface area contributed by atoms with Gasteiger partial charge in [-0.1, -0.05) is 42.5 Å². The van der Waals surface area contributed by atoms with Gasteiger partial charge >= 0.3 is 11.9 Å². The first-order valence-electron chi connectivity index (χ1n) is 8.04. The van der Waals surface area contributed by atoms with Gasteiger partial charge in [0.15, 0.2) is 6.04 Å². The topological polar surface area (TPSA) is 120 Å². The molecule has 0 radical (unpaired) electrons. The van der Waals surface area contributed by atoms with Crippen LogP contribution in [0.1, 0.15) is 12.5 Å². The van der Waals surface area contributed by atoms with Crippen molar-refractivity contribution in [1.29, 1.82) is 0 Å². The Labute approximate surface area is 157 Å². The van der Waals surface area contributed by atoms with Gasteiger partial charge in [-0.3, -0.25) is 0 Å². The van der Waals surface area contributed by atoms with Crippen molar-refractivity contribution < 1.29 is 28.9 Å². The lowest BCUT2D eigenvalue weighted by atomic mass is 10.2. The molecule has 144 valence electrons. The zero-order valence-electron chi connectivity index (χ0n) is 14.6. The number of nitrogens with two attached hydrogens (primary N) is 1. The maximum Gasteiger partial charge on any atom is 0.332 e. The number of benzene rings is 1. The van der Waals surface area contributed by atoms with Gasteiger partial charge < -0.3 is 30.4 Å². The molecule has 1 aromatic rings. The Balaban J connectivity index is 2.14. The van der Waals surface area contributed by atoms with Crippen LogP contribution in [0, 0.1) is 0 Å². The van der Waals surface area contributed by atoms with E-state index in [0.717, 1.165) is 5.56 Å². The van der Waals surface area contributed by atoms with E-state index in [0.29, 0.717) is 13.2 Å². The number of thiocarbonyl (C=S) groups is 1. The van der Waals surface area contributed by atoms with Crippen molar-refractivity contribution >= 4 is 29.1 Å². The molecule has 26 heavy (non-hydrogen) atoms. The van der Waals surface area contributed by atoms with Gasteiger partial charge in [-0.05, 0) is 12.5 Å². The predicted octanol–water partition coefficient (Wildman–Crippen LogP) is 0.480. The minimum Gasteiger partial charge on any atom is -0.480 e. The molecule has 0 spiro atoms. The second kappa shape index (κ2) is 12.3. The molecule has 0 aliphatic carbocycles. The van der Waals surface area contributed by atoms with Crippen molar-refractivity contribution in [3.63, 3.8) is 0 Å². The number of hydrogen-bond acceptors (Lipinski definition) is 7. The molecule has 0 unspecified atom stereocenters. The minimum absolute atomic E-state index is 0.181. The van der Waals surface area contributed by atoms with Crippen molar-refractivity contribution in [1.82, 2.24) is 5.32 Å². The second-order valence-corrected chi connectivity index (χ2v) is 5.90. The van der Waals surface area contributed by atoms with Gasteiger partial charge in [0.25, 0.3) is 0 Å². The fraction of sp³-hybridized carbons (Fsp3) is 0.471. The Morgan fingerprint density at radius 2 is 1.88 bits per heavy atom. The van der Waals surface area contributed by atoms with Crippen molar-refractivity contribution in [2.75, 3.05) is 26.4 Å². The second-order valence-electron chi connectivity index (χ2n) is 5.46. The molecule has 0 aromatic heterocycles. The van der Waals surface area contributed by atoms with Crippen LogP contribution in [0.15, 0.2) is 30.3 Å². The van der Waals surface area contributed by atoms with Crippen LogP contribution in [0.25, 0.3) is 0 Å². The molecule has 0 fully saturated rings. The van der Waals surface area contributed by atoms with E-state index >= 15 is 0 Å². The lowest BCUT2D eigenvalue weighted by Crippen LogP contribution is -2.48. The number of hydrogen-bond donors (Lipinski definition) is 3. The maximum absolute atomic E-state index is 11.6. The lowest BCUT2D eigenvalue weighted by molar-refractivity contribution is -0.152. The summed E-state index contributed by atoms with van der Waals surface area (Å²) in [5, 5.41) is 11.6. The van der Waals surface area contributed by atoms with Crippen LogP contribution in [-0.2, 0) is 30.4 Å². The number of carboxylic acid groups (broad SMARTS) is 1. The van der Waals surface area contributed by atoms with E-state index < -0.39 is 24.0 Å².